The Balaban J connectivity index is 1.41. The van der Waals surface area contributed by atoms with E-state index in [1.807, 2.05) is 19.9 Å². The van der Waals surface area contributed by atoms with Gasteiger partial charge >= 0.3 is 12.2 Å². The second-order valence-electron chi connectivity index (χ2n) is 8.08. The van der Waals surface area contributed by atoms with Gasteiger partial charge in [0.25, 0.3) is 0 Å². The van der Waals surface area contributed by atoms with Crippen LogP contribution in [0.1, 0.15) is 41.3 Å². The Kier molecular flexibility index (Phi) is 4.96. The molecule has 1 aromatic heterocycles. The molecule has 1 aliphatic heterocycles. The number of rotatable bonds is 2. The average Bonchev–Trinajstić information content (AvgIpc) is 3.19. The molecule has 8 heteroatoms. The zero-order valence-electron chi connectivity index (χ0n) is 16.3. The number of carbonyl (C=O) groups excluding carboxylic acids is 1. The summed E-state index contributed by atoms with van der Waals surface area (Å²) >= 11 is 0. The van der Waals surface area contributed by atoms with Crippen LogP contribution in [0.2, 0.25) is 0 Å². The SMILES string of the molecule is Cc1cc(C)nc(NC(=O)N2C[C@H]3C[C@@H](c4ccccc4C(F)(F)F)C[C@H]3C2)n1. The Morgan fingerprint density at radius 1 is 1.07 bits per heavy atom. The highest BCUT2D eigenvalue weighted by Gasteiger charge is 2.45. The quantitative estimate of drug-likeness (QED) is 0.784. The van der Waals surface area contributed by atoms with Gasteiger partial charge in [-0.25, -0.2) is 14.8 Å². The van der Waals surface area contributed by atoms with Crippen LogP contribution in [0.15, 0.2) is 30.3 Å². The molecular formula is C21H23F3N4O. The zero-order valence-corrected chi connectivity index (χ0v) is 16.3. The van der Waals surface area contributed by atoms with E-state index in [0.717, 1.165) is 17.5 Å². The zero-order chi connectivity index (χ0) is 20.8. The van der Waals surface area contributed by atoms with Gasteiger partial charge in [0, 0.05) is 24.5 Å². The van der Waals surface area contributed by atoms with Crippen molar-refractivity contribution in [1.29, 1.82) is 0 Å². The minimum Gasteiger partial charge on any atom is -0.324 e. The van der Waals surface area contributed by atoms with E-state index in [1.165, 1.54) is 6.07 Å². The van der Waals surface area contributed by atoms with Gasteiger partial charge in [-0.1, -0.05) is 18.2 Å². The molecule has 0 radical (unpaired) electrons. The summed E-state index contributed by atoms with van der Waals surface area (Å²) in [5, 5.41) is 2.74. The lowest BCUT2D eigenvalue weighted by molar-refractivity contribution is -0.138. The number of aryl methyl sites for hydroxylation is 2. The Bertz CT molecular complexity index is 896. The lowest BCUT2D eigenvalue weighted by atomic mass is 9.91. The highest BCUT2D eigenvalue weighted by Crippen LogP contribution is 2.48. The average molecular weight is 404 g/mol. The van der Waals surface area contributed by atoms with E-state index in [4.69, 9.17) is 0 Å². The molecular weight excluding hydrogens is 381 g/mol. The number of urea groups is 1. The predicted molar refractivity (Wildman–Crippen MR) is 102 cm³/mol. The maximum Gasteiger partial charge on any atom is 0.416 e. The first-order valence-electron chi connectivity index (χ1n) is 9.75. The molecule has 2 aromatic rings. The molecule has 2 amide bonds. The fourth-order valence-corrected chi connectivity index (χ4v) is 4.79. The molecule has 2 aliphatic rings. The van der Waals surface area contributed by atoms with Gasteiger partial charge in [-0.3, -0.25) is 5.32 Å². The molecule has 5 nitrogen and oxygen atoms in total. The molecule has 1 N–H and O–H groups in total. The van der Waals surface area contributed by atoms with Crippen LogP contribution >= 0.6 is 0 Å². The maximum absolute atomic E-state index is 13.4. The number of nitrogens with one attached hydrogen (secondary N) is 1. The molecule has 4 rings (SSSR count). The van der Waals surface area contributed by atoms with Crippen molar-refractivity contribution in [2.75, 3.05) is 18.4 Å². The second-order valence-corrected chi connectivity index (χ2v) is 8.08. The predicted octanol–water partition coefficient (Wildman–Crippen LogP) is 4.77. The minimum absolute atomic E-state index is 0.115. The van der Waals surface area contributed by atoms with Crippen LogP contribution in [-0.2, 0) is 6.18 Å². The number of alkyl halides is 3. The van der Waals surface area contributed by atoms with Crippen molar-refractivity contribution in [1.82, 2.24) is 14.9 Å². The third-order valence-electron chi connectivity index (χ3n) is 5.95. The van der Waals surface area contributed by atoms with Crippen LogP contribution in [0.4, 0.5) is 23.9 Å². The van der Waals surface area contributed by atoms with Crippen molar-refractivity contribution in [2.24, 2.45) is 11.8 Å². The van der Waals surface area contributed by atoms with Crippen molar-refractivity contribution in [3.63, 3.8) is 0 Å². The Hall–Kier alpha value is -2.64. The lowest BCUT2D eigenvalue weighted by Crippen LogP contribution is -2.34. The summed E-state index contributed by atoms with van der Waals surface area (Å²) in [4.78, 5) is 22.8. The van der Waals surface area contributed by atoms with Gasteiger partial charge in [0.1, 0.15) is 0 Å². The fourth-order valence-electron chi connectivity index (χ4n) is 4.79. The van der Waals surface area contributed by atoms with Crippen LogP contribution in [0.25, 0.3) is 0 Å². The van der Waals surface area contributed by atoms with Gasteiger partial charge < -0.3 is 4.90 Å². The van der Waals surface area contributed by atoms with Crippen LogP contribution < -0.4 is 5.32 Å². The molecule has 2 fully saturated rings. The summed E-state index contributed by atoms with van der Waals surface area (Å²) in [5.41, 5.74) is 1.40. The van der Waals surface area contributed by atoms with Gasteiger partial charge in [-0.05, 0) is 62.1 Å². The third-order valence-corrected chi connectivity index (χ3v) is 5.95. The molecule has 1 saturated heterocycles. The normalized spacial score (nSPS) is 23.9. The second kappa shape index (κ2) is 7.31. The van der Waals surface area contributed by atoms with E-state index in [0.29, 0.717) is 31.5 Å². The lowest BCUT2D eigenvalue weighted by Gasteiger charge is -2.21. The molecule has 154 valence electrons. The molecule has 29 heavy (non-hydrogen) atoms. The van der Waals surface area contributed by atoms with Gasteiger partial charge in [0.15, 0.2) is 0 Å². The molecule has 0 unspecified atom stereocenters. The largest absolute Gasteiger partial charge is 0.416 e. The van der Waals surface area contributed by atoms with Gasteiger partial charge in [0.2, 0.25) is 5.95 Å². The molecule has 2 heterocycles. The van der Waals surface area contributed by atoms with Crippen LogP contribution in [0, 0.1) is 25.7 Å². The minimum atomic E-state index is -4.34. The van der Waals surface area contributed by atoms with Gasteiger partial charge in [0.05, 0.1) is 5.56 Å². The first kappa shape index (κ1) is 19.7. The first-order chi connectivity index (χ1) is 13.7. The van der Waals surface area contributed by atoms with Gasteiger partial charge in [-0.2, -0.15) is 13.2 Å². The highest BCUT2D eigenvalue weighted by atomic mass is 19.4. The summed E-state index contributed by atoms with van der Waals surface area (Å²) in [7, 11) is 0. The smallest absolute Gasteiger partial charge is 0.324 e. The number of likely N-dealkylation sites (tertiary alicyclic amines) is 1. The van der Waals surface area contributed by atoms with Crippen LogP contribution in [0.3, 0.4) is 0 Å². The highest BCUT2D eigenvalue weighted by molar-refractivity contribution is 5.87. The first-order valence-corrected chi connectivity index (χ1v) is 9.75. The summed E-state index contributed by atoms with van der Waals surface area (Å²) in [6, 6.07) is 7.43. The van der Waals surface area contributed by atoms with E-state index in [9.17, 15) is 18.0 Å². The monoisotopic (exact) mass is 404 g/mol. The molecule has 3 atom stereocenters. The Morgan fingerprint density at radius 3 is 2.24 bits per heavy atom. The van der Waals surface area contributed by atoms with Crippen LogP contribution in [0.5, 0.6) is 0 Å². The molecule has 0 spiro atoms. The molecule has 1 aromatic carbocycles. The van der Waals surface area contributed by atoms with E-state index in [2.05, 4.69) is 15.3 Å². The van der Waals surface area contributed by atoms with E-state index in [-0.39, 0.29) is 29.7 Å². The van der Waals surface area contributed by atoms with E-state index in [1.54, 1.807) is 17.0 Å². The van der Waals surface area contributed by atoms with E-state index >= 15 is 0 Å². The number of fused-ring (bicyclic) bond motifs is 1. The number of carbonyl (C=O) groups is 1. The topological polar surface area (TPSA) is 58.1 Å². The number of hydrogen-bond donors (Lipinski definition) is 1. The number of nitrogens with zero attached hydrogens (tertiary/aromatic N) is 3. The van der Waals surface area contributed by atoms with Crippen molar-refractivity contribution in [3.05, 3.63) is 52.8 Å². The van der Waals surface area contributed by atoms with Crippen molar-refractivity contribution < 1.29 is 18.0 Å². The van der Waals surface area contributed by atoms with Crippen molar-refractivity contribution in [3.8, 4) is 0 Å². The van der Waals surface area contributed by atoms with Crippen LogP contribution in [-0.4, -0.2) is 34.0 Å². The number of anilines is 1. The standard InChI is InChI=1S/C21H23F3N4O/c1-12-7-13(2)26-19(25-12)27-20(29)28-10-15-8-14(9-16(15)11-28)17-5-3-4-6-18(17)21(22,23)24/h3-7,14-16H,8-11H2,1-2H3,(H,25,26,27,29)/t14-,15-,16+. The Morgan fingerprint density at radius 2 is 1.66 bits per heavy atom. The number of benzene rings is 1. The number of halogens is 3. The third kappa shape index (κ3) is 4.06. The summed E-state index contributed by atoms with van der Waals surface area (Å²) in [6.07, 6.45) is -3.00. The van der Waals surface area contributed by atoms with Crippen molar-refractivity contribution in [2.45, 2.75) is 38.8 Å². The summed E-state index contributed by atoms with van der Waals surface area (Å²) < 4.78 is 40.1. The molecule has 1 aliphatic carbocycles. The van der Waals surface area contributed by atoms with Gasteiger partial charge in [-0.15, -0.1) is 0 Å². The fraction of sp³-hybridized carbons (Fsp3) is 0.476. The molecule has 1 saturated carbocycles. The van der Waals surface area contributed by atoms with E-state index < -0.39 is 11.7 Å². The summed E-state index contributed by atoms with van der Waals surface area (Å²) in [6.45, 7) is 4.77. The van der Waals surface area contributed by atoms with Crippen molar-refractivity contribution >= 4 is 12.0 Å². The summed E-state index contributed by atoms with van der Waals surface area (Å²) in [5.74, 6) is 0.594. The maximum atomic E-state index is 13.4. The number of aromatic nitrogens is 2. The Labute approximate surface area is 167 Å². The number of amides is 2. The molecule has 0 bridgehead atoms. The number of hydrogen-bond acceptors (Lipinski definition) is 3.